The number of nitrogens with zero attached hydrogens (tertiary/aromatic N) is 1. The average Bonchev–Trinajstić information content (AvgIpc) is 2.55. The van der Waals surface area contributed by atoms with E-state index in [1.54, 1.807) is 49.4 Å². The number of hydrogen-bond acceptors (Lipinski definition) is 4. The highest BCUT2D eigenvalue weighted by atomic mass is 32.2. The molecule has 0 atom stereocenters. The Hall–Kier alpha value is -2.54. The number of ether oxygens (including phenoxy) is 1. The molecular formula is C19H24N2O4S. The van der Waals surface area contributed by atoms with Gasteiger partial charge >= 0.3 is 0 Å². The summed E-state index contributed by atoms with van der Waals surface area (Å²) < 4.78 is 30.3. The third-order valence-electron chi connectivity index (χ3n) is 3.79. The Balaban J connectivity index is 2.20. The van der Waals surface area contributed by atoms with E-state index in [0.29, 0.717) is 16.9 Å². The van der Waals surface area contributed by atoms with Crippen LogP contribution >= 0.6 is 0 Å². The van der Waals surface area contributed by atoms with Crippen LogP contribution < -0.4 is 14.4 Å². The highest BCUT2D eigenvalue weighted by Gasteiger charge is 2.16. The average molecular weight is 376 g/mol. The Labute approximate surface area is 154 Å². The number of amides is 1. The normalized spacial score (nSPS) is 11.3. The molecule has 7 heteroatoms. The minimum atomic E-state index is -3.41. The van der Waals surface area contributed by atoms with Crippen molar-refractivity contribution in [1.82, 2.24) is 0 Å². The van der Waals surface area contributed by atoms with E-state index >= 15 is 0 Å². The molecular weight excluding hydrogens is 352 g/mol. The molecule has 1 N–H and O–H groups in total. The predicted octanol–water partition coefficient (Wildman–Crippen LogP) is 3.43. The molecule has 6 nitrogen and oxygen atoms in total. The second-order valence-corrected chi connectivity index (χ2v) is 8.39. The fourth-order valence-corrected chi connectivity index (χ4v) is 2.91. The Morgan fingerprint density at radius 3 is 2.27 bits per heavy atom. The lowest BCUT2D eigenvalue weighted by molar-refractivity contribution is 0.102. The number of nitrogens with one attached hydrogen (secondary N) is 1. The first-order chi connectivity index (χ1) is 12.1. The lowest BCUT2D eigenvalue weighted by atomic mass is 10.1. The molecule has 0 aliphatic carbocycles. The number of rotatable bonds is 6. The molecule has 26 heavy (non-hydrogen) atoms. The summed E-state index contributed by atoms with van der Waals surface area (Å²) in [5, 5.41) is 2.80. The standard InChI is InChI=1S/C19H24N2O4S/c1-13(2)25-17-10-8-16(9-11-17)20-19(22)15-7-6-14(3)18(12-15)21(4)26(5,23)24/h6-13H,1-5H3,(H,20,22). The summed E-state index contributed by atoms with van der Waals surface area (Å²) in [4.78, 5) is 12.5. The second kappa shape index (κ2) is 7.78. The summed E-state index contributed by atoms with van der Waals surface area (Å²) >= 11 is 0. The van der Waals surface area contributed by atoms with Crippen molar-refractivity contribution in [2.24, 2.45) is 0 Å². The van der Waals surface area contributed by atoms with Crippen LogP contribution in [0.25, 0.3) is 0 Å². The number of carbonyl (C=O) groups excluding carboxylic acids is 1. The molecule has 0 aliphatic heterocycles. The van der Waals surface area contributed by atoms with E-state index in [1.807, 2.05) is 13.8 Å². The van der Waals surface area contributed by atoms with Gasteiger partial charge in [0.25, 0.3) is 5.91 Å². The zero-order valence-electron chi connectivity index (χ0n) is 15.6. The molecule has 1 amide bonds. The van der Waals surface area contributed by atoms with Crippen molar-refractivity contribution < 1.29 is 17.9 Å². The van der Waals surface area contributed by atoms with Gasteiger partial charge in [0, 0.05) is 18.3 Å². The molecule has 0 bridgehead atoms. The van der Waals surface area contributed by atoms with E-state index in [4.69, 9.17) is 4.74 Å². The van der Waals surface area contributed by atoms with Crippen molar-refractivity contribution >= 4 is 27.3 Å². The minimum absolute atomic E-state index is 0.0771. The smallest absolute Gasteiger partial charge is 0.255 e. The van der Waals surface area contributed by atoms with Crippen LogP contribution in [0.15, 0.2) is 42.5 Å². The van der Waals surface area contributed by atoms with Gasteiger partial charge in [-0.05, 0) is 62.7 Å². The molecule has 0 heterocycles. The van der Waals surface area contributed by atoms with Crippen molar-refractivity contribution in [1.29, 1.82) is 0 Å². The molecule has 2 aromatic carbocycles. The molecule has 0 unspecified atom stereocenters. The van der Waals surface area contributed by atoms with Crippen LogP contribution in [-0.4, -0.2) is 33.7 Å². The molecule has 0 saturated carbocycles. The van der Waals surface area contributed by atoms with E-state index in [2.05, 4.69) is 5.32 Å². The molecule has 0 radical (unpaired) electrons. The molecule has 0 aliphatic rings. The molecule has 0 aromatic heterocycles. The minimum Gasteiger partial charge on any atom is -0.491 e. The lowest BCUT2D eigenvalue weighted by Crippen LogP contribution is -2.26. The molecule has 2 aromatic rings. The summed E-state index contributed by atoms with van der Waals surface area (Å²) in [6.45, 7) is 5.68. The first-order valence-corrected chi connectivity index (χ1v) is 10.1. The Bertz CT molecular complexity index is 890. The van der Waals surface area contributed by atoms with Crippen molar-refractivity contribution in [2.45, 2.75) is 26.9 Å². The summed E-state index contributed by atoms with van der Waals surface area (Å²) in [7, 11) is -1.94. The fourth-order valence-electron chi connectivity index (χ4n) is 2.36. The number of benzene rings is 2. The summed E-state index contributed by atoms with van der Waals surface area (Å²) in [6, 6.07) is 12.1. The third kappa shape index (κ3) is 4.98. The maximum Gasteiger partial charge on any atom is 0.255 e. The van der Waals surface area contributed by atoms with Crippen LogP contribution in [0.3, 0.4) is 0 Å². The van der Waals surface area contributed by atoms with Gasteiger partial charge in [-0.2, -0.15) is 0 Å². The highest BCUT2D eigenvalue weighted by Crippen LogP contribution is 2.24. The number of sulfonamides is 1. The third-order valence-corrected chi connectivity index (χ3v) is 4.98. The first-order valence-electron chi connectivity index (χ1n) is 8.20. The van der Waals surface area contributed by atoms with Crippen LogP contribution in [-0.2, 0) is 10.0 Å². The van der Waals surface area contributed by atoms with Crippen LogP contribution in [0.1, 0.15) is 29.8 Å². The van der Waals surface area contributed by atoms with Gasteiger partial charge in [-0.15, -0.1) is 0 Å². The van der Waals surface area contributed by atoms with Gasteiger partial charge in [-0.3, -0.25) is 9.10 Å². The number of anilines is 2. The Kier molecular flexibility index (Phi) is 5.92. The van der Waals surface area contributed by atoms with E-state index in [9.17, 15) is 13.2 Å². The number of aryl methyl sites for hydroxylation is 1. The maximum absolute atomic E-state index is 12.5. The van der Waals surface area contributed by atoms with Gasteiger partial charge in [0.05, 0.1) is 18.0 Å². The van der Waals surface area contributed by atoms with Gasteiger partial charge < -0.3 is 10.1 Å². The molecule has 0 saturated heterocycles. The van der Waals surface area contributed by atoms with Gasteiger partial charge in [0.2, 0.25) is 10.0 Å². The monoisotopic (exact) mass is 376 g/mol. The fraction of sp³-hybridized carbons (Fsp3) is 0.316. The van der Waals surface area contributed by atoms with Gasteiger partial charge in [0.15, 0.2) is 0 Å². The first kappa shape index (κ1) is 19.8. The van der Waals surface area contributed by atoms with Crippen LogP contribution in [0, 0.1) is 6.92 Å². The van der Waals surface area contributed by atoms with Crippen LogP contribution in [0.5, 0.6) is 5.75 Å². The van der Waals surface area contributed by atoms with E-state index in [-0.39, 0.29) is 12.0 Å². The topological polar surface area (TPSA) is 75.7 Å². The van der Waals surface area contributed by atoms with E-state index in [1.165, 1.54) is 7.05 Å². The summed E-state index contributed by atoms with van der Waals surface area (Å²) in [6.07, 6.45) is 1.20. The zero-order valence-corrected chi connectivity index (χ0v) is 16.4. The Morgan fingerprint density at radius 2 is 1.73 bits per heavy atom. The largest absolute Gasteiger partial charge is 0.491 e. The zero-order chi connectivity index (χ0) is 19.5. The van der Waals surface area contributed by atoms with Crippen molar-refractivity contribution in [2.75, 3.05) is 22.9 Å². The maximum atomic E-state index is 12.5. The highest BCUT2D eigenvalue weighted by molar-refractivity contribution is 7.92. The quantitative estimate of drug-likeness (QED) is 0.838. The van der Waals surface area contributed by atoms with Crippen molar-refractivity contribution in [3.8, 4) is 5.75 Å². The molecule has 2 rings (SSSR count). The lowest BCUT2D eigenvalue weighted by Gasteiger charge is -2.19. The second-order valence-electron chi connectivity index (χ2n) is 6.38. The van der Waals surface area contributed by atoms with Crippen LogP contribution in [0.4, 0.5) is 11.4 Å². The van der Waals surface area contributed by atoms with Crippen LogP contribution in [0.2, 0.25) is 0 Å². The summed E-state index contributed by atoms with van der Waals surface area (Å²) in [5.74, 6) is 0.413. The summed E-state index contributed by atoms with van der Waals surface area (Å²) in [5.41, 5.74) is 2.25. The number of hydrogen-bond donors (Lipinski definition) is 1. The van der Waals surface area contributed by atoms with Crippen molar-refractivity contribution in [3.05, 3.63) is 53.6 Å². The predicted molar refractivity (Wildman–Crippen MR) is 105 cm³/mol. The van der Waals surface area contributed by atoms with E-state index in [0.717, 1.165) is 21.9 Å². The molecule has 0 fully saturated rings. The number of carbonyl (C=O) groups is 1. The van der Waals surface area contributed by atoms with Gasteiger partial charge in [0.1, 0.15) is 5.75 Å². The SMILES string of the molecule is Cc1ccc(C(=O)Nc2ccc(OC(C)C)cc2)cc1N(C)S(C)(=O)=O. The van der Waals surface area contributed by atoms with Gasteiger partial charge in [-0.1, -0.05) is 6.07 Å². The van der Waals surface area contributed by atoms with Gasteiger partial charge in [-0.25, -0.2) is 8.42 Å². The van der Waals surface area contributed by atoms with E-state index < -0.39 is 10.0 Å². The molecule has 0 spiro atoms. The van der Waals surface area contributed by atoms with Crippen molar-refractivity contribution in [3.63, 3.8) is 0 Å². The Morgan fingerprint density at radius 1 is 1.12 bits per heavy atom. The molecule has 140 valence electrons.